The lowest BCUT2D eigenvalue weighted by Gasteiger charge is -2.15. The highest BCUT2D eigenvalue weighted by Gasteiger charge is 2.38. The monoisotopic (exact) mass is 424 g/mol. The van der Waals surface area contributed by atoms with Gasteiger partial charge in [0.25, 0.3) is 5.56 Å². The Balaban J connectivity index is 1.86. The molecule has 6 nitrogen and oxygen atoms in total. The van der Waals surface area contributed by atoms with E-state index in [1.807, 2.05) is 0 Å². The molecule has 0 saturated carbocycles. The van der Waals surface area contributed by atoms with Crippen LogP contribution >= 0.6 is 0 Å². The number of aromatic nitrogens is 4. The van der Waals surface area contributed by atoms with Gasteiger partial charge in [0.05, 0.1) is 0 Å². The molecule has 0 bridgehead atoms. The maximum Gasteiger partial charge on any atom is 0.422 e. The molecule has 30 heavy (non-hydrogen) atoms. The van der Waals surface area contributed by atoms with E-state index in [0.717, 1.165) is 6.07 Å². The van der Waals surface area contributed by atoms with E-state index in [4.69, 9.17) is 0 Å². The van der Waals surface area contributed by atoms with Crippen molar-refractivity contribution in [1.29, 1.82) is 0 Å². The molecule has 156 valence electrons. The first-order valence-corrected chi connectivity index (χ1v) is 8.54. The van der Waals surface area contributed by atoms with E-state index in [9.17, 15) is 31.5 Å². The Kier molecular flexibility index (Phi) is 5.72. The third kappa shape index (κ3) is 4.56. The zero-order chi connectivity index (χ0) is 22.1. The lowest BCUT2D eigenvalue weighted by atomic mass is 9.93. The molecule has 0 unspecified atom stereocenters. The summed E-state index contributed by atoms with van der Waals surface area (Å²) < 4.78 is 65.7. The number of nitrogens with zero attached hydrogens (tertiary/aromatic N) is 3. The molecule has 3 aromatic rings. The van der Waals surface area contributed by atoms with Crippen molar-refractivity contribution in [3.8, 4) is 11.6 Å². The molecule has 2 heterocycles. The lowest BCUT2D eigenvalue weighted by Crippen LogP contribution is -2.16. The molecular formula is C19H13F5N4O2. The van der Waals surface area contributed by atoms with Gasteiger partial charge in [-0.15, -0.1) is 0 Å². The first-order chi connectivity index (χ1) is 14.1. The molecule has 0 radical (unpaired) electrons. The van der Waals surface area contributed by atoms with Gasteiger partial charge in [0.1, 0.15) is 22.9 Å². The molecule has 0 amide bonds. The number of carbonyl (C=O) groups excluding carboxylic acids is 1. The minimum Gasteiger partial charge on any atom is -0.304 e. The number of hydrogen-bond acceptors (Lipinski definition) is 5. The molecule has 1 N–H and O–H groups in total. The van der Waals surface area contributed by atoms with E-state index < -0.39 is 40.6 Å². The number of halogens is 5. The van der Waals surface area contributed by atoms with E-state index in [1.165, 1.54) is 19.3 Å². The summed E-state index contributed by atoms with van der Waals surface area (Å²) in [6, 6.07) is 3.56. The normalized spacial score (nSPS) is 12.6. The second kappa shape index (κ2) is 8.09. The number of alkyl halides is 3. The third-order valence-corrected chi connectivity index (χ3v) is 4.21. The van der Waals surface area contributed by atoms with Gasteiger partial charge in [-0.05, 0) is 29.7 Å². The van der Waals surface area contributed by atoms with Crippen LogP contribution in [0.15, 0.2) is 41.5 Å². The molecule has 1 aromatic carbocycles. The van der Waals surface area contributed by atoms with Crippen LogP contribution in [0.25, 0.3) is 11.6 Å². The van der Waals surface area contributed by atoms with Gasteiger partial charge in [0, 0.05) is 24.9 Å². The van der Waals surface area contributed by atoms with Gasteiger partial charge in [0.2, 0.25) is 0 Å². The lowest BCUT2D eigenvalue weighted by molar-refractivity contribution is -0.142. The number of H-pyrrole nitrogens is 1. The largest absolute Gasteiger partial charge is 0.422 e. The average molecular weight is 424 g/mol. The smallest absolute Gasteiger partial charge is 0.304 e. The molecule has 11 heteroatoms. The Morgan fingerprint density at radius 3 is 2.27 bits per heavy atom. The highest BCUT2D eigenvalue weighted by molar-refractivity contribution is 5.94. The molecular weight excluding hydrogens is 411 g/mol. The van der Waals surface area contributed by atoms with Crippen molar-refractivity contribution in [2.45, 2.75) is 25.4 Å². The number of Topliss-reactive ketones (excluding diaryl/α,β-unsaturated/α-hetero) is 1. The number of rotatable bonds is 5. The van der Waals surface area contributed by atoms with Crippen molar-refractivity contribution in [2.75, 3.05) is 0 Å². The van der Waals surface area contributed by atoms with Crippen LogP contribution in [0, 0.1) is 11.6 Å². The summed E-state index contributed by atoms with van der Waals surface area (Å²) in [5, 5.41) is 0. The predicted molar refractivity (Wildman–Crippen MR) is 94.6 cm³/mol. The van der Waals surface area contributed by atoms with E-state index >= 15 is 0 Å². The minimum absolute atomic E-state index is 0.0503. The maximum absolute atomic E-state index is 13.8. The van der Waals surface area contributed by atoms with Gasteiger partial charge in [-0.2, -0.15) is 13.2 Å². The van der Waals surface area contributed by atoms with Crippen molar-refractivity contribution in [1.82, 2.24) is 19.9 Å². The number of ketones is 1. The molecule has 0 fully saturated rings. The molecule has 0 aliphatic carbocycles. The minimum atomic E-state index is -5.18. The maximum atomic E-state index is 13.8. The highest BCUT2D eigenvalue weighted by atomic mass is 19.4. The van der Waals surface area contributed by atoms with Gasteiger partial charge >= 0.3 is 6.18 Å². The molecule has 0 saturated heterocycles. The summed E-state index contributed by atoms with van der Waals surface area (Å²) in [5.41, 5.74) is -3.01. The first-order valence-electron chi connectivity index (χ1n) is 8.54. The molecule has 1 atom stereocenters. The SMILES string of the molecule is C[C@@H](CC(=O)c1cc(=O)[nH]c(-c2ncccn2)n1)c1cc(F)c(C(F)(F)F)c(F)c1. The number of nitrogens with one attached hydrogen (secondary N) is 1. The Morgan fingerprint density at radius 1 is 1.10 bits per heavy atom. The standard InChI is InChI=1S/C19H13F5N4O2/c1-9(10-6-11(20)16(12(21)7-10)19(22,23)24)5-14(29)13-8-15(30)28-18(27-13)17-25-3-2-4-26-17/h2-4,6-9H,5H2,1H3,(H,27,28,30)/t9-/m0/s1. The van der Waals surface area contributed by atoms with E-state index in [-0.39, 0.29) is 29.3 Å². The van der Waals surface area contributed by atoms with Gasteiger partial charge in [-0.1, -0.05) is 6.92 Å². The summed E-state index contributed by atoms with van der Waals surface area (Å²) in [5.74, 6) is -5.01. The van der Waals surface area contributed by atoms with Gasteiger partial charge in [-0.3, -0.25) is 9.59 Å². The fraction of sp³-hybridized carbons (Fsp3) is 0.211. The molecule has 0 aliphatic rings. The third-order valence-electron chi connectivity index (χ3n) is 4.21. The Labute approximate surface area is 165 Å². The van der Waals surface area contributed by atoms with Crippen LogP contribution in [0.5, 0.6) is 0 Å². The quantitative estimate of drug-likeness (QED) is 0.496. The highest BCUT2D eigenvalue weighted by Crippen LogP contribution is 2.35. The zero-order valence-corrected chi connectivity index (χ0v) is 15.3. The summed E-state index contributed by atoms with van der Waals surface area (Å²) in [6.07, 6.45) is -2.72. The second-order valence-electron chi connectivity index (χ2n) is 6.44. The van der Waals surface area contributed by atoms with Crippen LogP contribution in [0.4, 0.5) is 22.0 Å². The fourth-order valence-corrected chi connectivity index (χ4v) is 2.78. The Morgan fingerprint density at radius 2 is 1.70 bits per heavy atom. The van der Waals surface area contributed by atoms with Gasteiger partial charge < -0.3 is 4.98 Å². The number of aromatic amines is 1. The van der Waals surface area contributed by atoms with Crippen molar-refractivity contribution < 1.29 is 26.7 Å². The van der Waals surface area contributed by atoms with Crippen molar-refractivity contribution >= 4 is 5.78 Å². The predicted octanol–water partition coefficient (Wildman–Crippen LogP) is 3.90. The Bertz CT molecular complexity index is 1120. The van der Waals surface area contributed by atoms with Crippen molar-refractivity contribution in [3.05, 3.63) is 75.5 Å². The van der Waals surface area contributed by atoms with E-state index in [2.05, 4.69) is 19.9 Å². The van der Waals surface area contributed by atoms with Gasteiger partial charge in [-0.25, -0.2) is 23.7 Å². The van der Waals surface area contributed by atoms with Crippen molar-refractivity contribution in [2.24, 2.45) is 0 Å². The summed E-state index contributed by atoms with van der Waals surface area (Å²) in [6.45, 7) is 1.41. The van der Waals surface area contributed by atoms with Crippen LogP contribution in [0.3, 0.4) is 0 Å². The summed E-state index contributed by atoms with van der Waals surface area (Å²) in [4.78, 5) is 38.6. The van der Waals surface area contributed by atoms with Crippen LogP contribution in [-0.4, -0.2) is 25.7 Å². The average Bonchev–Trinajstić information content (AvgIpc) is 2.66. The summed E-state index contributed by atoms with van der Waals surface area (Å²) in [7, 11) is 0. The van der Waals surface area contributed by atoms with Crippen molar-refractivity contribution in [3.63, 3.8) is 0 Å². The molecule has 0 spiro atoms. The van der Waals surface area contributed by atoms with Crippen LogP contribution in [0.2, 0.25) is 0 Å². The van der Waals surface area contributed by atoms with Gasteiger partial charge in [0.15, 0.2) is 17.4 Å². The van der Waals surface area contributed by atoms with E-state index in [0.29, 0.717) is 12.1 Å². The topological polar surface area (TPSA) is 88.6 Å². The van der Waals surface area contributed by atoms with Crippen LogP contribution in [0.1, 0.15) is 40.9 Å². The van der Waals surface area contributed by atoms with Crippen LogP contribution in [-0.2, 0) is 6.18 Å². The second-order valence-corrected chi connectivity index (χ2v) is 6.44. The molecule has 2 aromatic heterocycles. The first kappa shape index (κ1) is 21.2. The van der Waals surface area contributed by atoms with Crippen LogP contribution < -0.4 is 5.56 Å². The number of hydrogen-bond donors (Lipinski definition) is 1. The summed E-state index contributed by atoms with van der Waals surface area (Å²) >= 11 is 0. The van der Waals surface area contributed by atoms with E-state index in [1.54, 1.807) is 6.07 Å². The molecule has 0 aliphatic heterocycles. The molecule has 3 rings (SSSR count). The zero-order valence-electron chi connectivity index (χ0n) is 15.3. The number of carbonyl (C=O) groups is 1. The fourth-order valence-electron chi connectivity index (χ4n) is 2.78. The number of benzene rings is 1. The Hall–Kier alpha value is -3.50.